The molecule has 0 atom stereocenters. The molecule has 2 rings (SSSR count). The van der Waals surface area contributed by atoms with Crippen molar-refractivity contribution in [1.82, 2.24) is 4.98 Å². The minimum absolute atomic E-state index is 0.145. The molecule has 18 heavy (non-hydrogen) atoms. The van der Waals surface area contributed by atoms with Gasteiger partial charge < -0.3 is 11.5 Å². The highest BCUT2D eigenvalue weighted by molar-refractivity contribution is 6.10. The van der Waals surface area contributed by atoms with E-state index < -0.39 is 0 Å². The summed E-state index contributed by atoms with van der Waals surface area (Å²) in [6.07, 6.45) is 1.39. The van der Waals surface area contributed by atoms with E-state index in [-0.39, 0.29) is 23.0 Å². The van der Waals surface area contributed by atoms with Crippen LogP contribution < -0.4 is 11.5 Å². The van der Waals surface area contributed by atoms with Crippen LogP contribution in [0, 0.1) is 5.41 Å². The molecule has 2 aromatic rings. The number of amidine groups is 1. The molecule has 0 unspecified atom stereocenters. The molecule has 0 saturated carbocycles. The van der Waals surface area contributed by atoms with Crippen LogP contribution in [0.3, 0.4) is 0 Å². The normalized spacial score (nSPS) is 10.0. The third-order valence-electron chi connectivity index (χ3n) is 2.51. The summed E-state index contributed by atoms with van der Waals surface area (Å²) in [5.74, 6) is -0.236. The van der Waals surface area contributed by atoms with Crippen molar-refractivity contribution in [2.24, 2.45) is 5.73 Å². The predicted molar refractivity (Wildman–Crippen MR) is 69.5 cm³/mol. The number of anilines is 1. The Bertz CT molecular complexity index is 608. The van der Waals surface area contributed by atoms with Crippen LogP contribution in [0.2, 0.25) is 0 Å². The van der Waals surface area contributed by atoms with Crippen molar-refractivity contribution < 1.29 is 4.79 Å². The Morgan fingerprint density at radius 1 is 1.17 bits per heavy atom. The van der Waals surface area contributed by atoms with E-state index in [0.717, 1.165) is 0 Å². The van der Waals surface area contributed by atoms with Crippen LogP contribution in [0.25, 0.3) is 0 Å². The van der Waals surface area contributed by atoms with Gasteiger partial charge >= 0.3 is 0 Å². The Morgan fingerprint density at radius 2 is 1.83 bits per heavy atom. The Balaban J connectivity index is 2.44. The molecule has 5 N–H and O–H groups in total. The van der Waals surface area contributed by atoms with Crippen molar-refractivity contribution in [2.45, 2.75) is 0 Å². The van der Waals surface area contributed by atoms with Gasteiger partial charge in [0.05, 0.1) is 5.56 Å². The second-order valence-corrected chi connectivity index (χ2v) is 3.77. The fraction of sp³-hybridized carbons (Fsp3) is 0. The van der Waals surface area contributed by atoms with Gasteiger partial charge in [0, 0.05) is 17.3 Å². The number of aromatic nitrogens is 1. The van der Waals surface area contributed by atoms with E-state index in [1.165, 1.54) is 12.3 Å². The quantitative estimate of drug-likeness (QED) is 0.425. The summed E-state index contributed by atoms with van der Waals surface area (Å²) in [6, 6.07) is 10.3. The van der Waals surface area contributed by atoms with Gasteiger partial charge in [-0.15, -0.1) is 0 Å². The van der Waals surface area contributed by atoms with Gasteiger partial charge in [0.25, 0.3) is 0 Å². The zero-order valence-corrected chi connectivity index (χ0v) is 9.55. The zero-order chi connectivity index (χ0) is 13.1. The van der Waals surface area contributed by atoms with Gasteiger partial charge in [-0.2, -0.15) is 0 Å². The van der Waals surface area contributed by atoms with Crippen LogP contribution in [-0.2, 0) is 0 Å². The number of rotatable bonds is 3. The topological polar surface area (TPSA) is 106 Å². The molecule has 1 aromatic heterocycles. The van der Waals surface area contributed by atoms with Gasteiger partial charge in [0.2, 0.25) is 0 Å². The number of nitrogens with zero attached hydrogens (tertiary/aromatic N) is 1. The van der Waals surface area contributed by atoms with Gasteiger partial charge in [-0.25, -0.2) is 4.98 Å². The first-order valence-corrected chi connectivity index (χ1v) is 5.29. The molecule has 0 bridgehead atoms. The maximum atomic E-state index is 12.1. The van der Waals surface area contributed by atoms with Gasteiger partial charge in [-0.3, -0.25) is 10.2 Å². The SMILES string of the molecule is N=C(N)c1cc(C(=O)c2ccccc2)cnc1N. The Hall–Kier alpha value is -2.69. The number of carbonyl (C=O) groups excluding carboxylic acids is 1. The van der Waals surface area contributed by atoms with Crippen molar-refractivity contribution in [3.63, 3.8) is 0 Å². The lowest BCUT2D eigenvalue weighted by Gasteiger charge is -2.05. The fourth-order valence-electron chi connectivity index (χ4n) is 1.57. The molecule has 0 aliphatic heterocycles. The van der Waals surface area contributed by atoms with Crippen LogP contribution in [-0.4, -0.2) is 16.6 Å². The number of benzene rings is 1. The minimum atomic E-state index is -0.206. The van der Waals surface area contributed by atoms with E-state index in [1.54, 1.807) is 24.3 Å². The summed E-state index contributed by atoms with van der Waals surface area (Å²) in [5, 5.41) is 7.36. The van der Waals surface area contributed by atoms with Crippen LogP contribution in [0.1, 0.15) is 21.5 Å². The Morgan fingerprint density at radius 3 is 2.44 bits per heavy atom. The van der Waals surface area contributed by atoms with E-state index in [2.05, 4.69) is 4.98 Å². The average Bonchev–Trinajstić information content (AvgIpc) is 2.39. The highest BCUT2D eigenvalue weighted by Crippen LogP contribution is 2.14. The summed E-state index contributed by atoms with van der Waals surface area (Å²) < 4.78 is 0. The van der Waals surface area contributed by atoms with Crippen LogP contribution in [0.5, 0.6) is 0 Å². The van der Waals surface area contributed by atoms with Crippen molar-refractivity contribution in [3.8, 4) is 0 Å². The fourth-order valence-corrected chi connectivity index (χ4v) is 1.57. The number of carbonyl (C=O) groups is 1. The maximum Gasteiger partial charge on any atom is 0.194 e. The van der Waals surface area contributed by atoms with Crippen molar-refractivity contribution in [1.29, 1.82) is 5.41 Å². The number of pyridine rings is 1. The highest BCUT2D eigenvalue weighted by Gasteiger charge is 2.12. The molecular formula is C13H12N4O. The monoisotopic (exact) mass is 240 g/mol. The zero-order valence-electron chi connectivity index (χ0n) is 9.55. The first kappa shape index (κ1) is 11.8. The number of ketones is 1. The largest absolute Gasteiger partial charge is 0.384 e. The van der Waals surface area contributed by atoms with E-state index in [4.69, 9.17) is 16.9 Å². The molecule has 0 aliphatic carbocycles. The number of hydrogen-bond acceptors (Lipinski definition) is 4. The van der Waals surface area contributed by atoms with E-state index in [9.17, 15) is 4.79 Å². The maximum absolute atomic E-state index is 12.1. The third kappa shape index (κ3) is 2.20. The Kier molecular flexibility index (Phi) is 3.05. The highest BCUT2D eigenvalue weighted by atomic mass is 16.1. The predicted octanol–water partition coefficient (Wildman–Crippen LogP) is 1.18. The molecule has 0 amide bonds. The summed E-state index contributed by atoms with van der Waals surface area (Å²) in [6.45, 7) is 0. The van der Waals surface area contributed by atoms with Crippen molar-refractivity contribution in [2.75, 3.05) is 5.73 Å². The van der Waals surface area contributed by atoms with Gasteiger partial charge in [0.1, 0.15) is 11.7 Å². The molecule has 1 aromatic carbocycles. The lowest BCUT2D eigenvalue weighted by molar-refractivity contribution is 0.103. The molecule has 0 saturated heterocycles. The summed E-state index contributed by atoms with van der Waals surface area (Å²) in [4.78, 5) is 16.0. The second-order valence-electron chi connectivity index (χ2n) is 3.77. The summed E-state index contributed by atoms with van der Waals surface area (Å²) >= 11 is 0. The molecule has 0 spiro atoms. The van der Waals surface area contributed by atoms with Crippen LogP contribution in [0.15, 0.2) is 42.6 Å². The molecule has 0 fully saturated rings. The molecule has 0 radical (unpaired) electrons. The summed E-state index contributed by atoms with van der Waals surface area (Å²) in [7, 11) is 0. The molecule has 1 heterocycles. The number of nitrogens with one attached hydrogen (secondary N) is 1. The second kappa shape index (κ2) is 4.67. The van der Waals surface area contributed by atoms with Crippen molar-refractivity contribution >= 4 is 17.4 Å². The first-order chi connectivity index (χ1) is 8.59. The minimum Gasteiger partial charge on any atom is -0.384 e. The number of hydrogen-bond donors (Lipinski definition) is 3. The van der Waals surface area contributed by atoms with Crippen LogP contribution >= 0.6 is 0 Å². The van der Waals surface area contributed by atoms with Gasteiger partial charge in [-0.1, -0.05) is 30.3 Å². The standard InChI is InChI=1S/C13H12N4O/c14-12(15)10-6-9(7-17-13(10)16)11(18)8-4-2-1-3-5-8/h1-7H,(H3,14,15)(H2,16,17). The number of nitrogen functional groups attached to an aromatic ring is 2. The Labute approximate surface area is 104 Å². The third-order valence-corrected chi connectivity index (χ3v) is 2.51. The summed E-state index contributed by atoms with van der Waals surface area (Å²) in [5.41, 5.74) is 12.2. The lowest BCUT2D eigenvalue weighted by Crippen LogP contribution is -2.16. The lowest BCUT2D eigenvalue weighted by atomic mass is 10.0. The van der Waals surface area contributed by atoms with Crippen molar-refractivity contribution in [3.05, 3.63) is 59.3 Å². The molecule has 5 heteroatoms. The molecular weight excluding hydrogens is 228 g/mol. The first-order valence-electron chi connectivity index (χ1n) is 5.29. The van der Waals surface area contributed by atoms with Gasteiger partial charge in [-0.05, 0) is 6.07 Å². The average molecular weight is 240 g/mol. The van der Waals surface area contributed by atoms with E-state index in [1.807, 2.05) is 6.07 Å². The smallest absolute Gasteiger partial charge is 0.194 e. The number of nitrogens with two attached hydrogens (primary N) is 2. The van der Waals surface area contributed by atoms with Gasteiger partial charge in [0.15, 0.2) is 5.78 Å². The molecule has 0 aliphatic rings. The van der Waals surface area contributed by atoms with Crippen LogP contribution in [0.4, 0.5) is 5.82 Å². The van der Waals surface area contributed by atoms with E-state index >= 15 is 0 Å². The molecule has 90 valence electrons. The molecule has 5 nitrogen and oxygen atoms in total. The van der Waals surface area contributed by atoms with E-state index in [0.29, 0.717) is 11.1 Å².